The summed E-state index contributed by atoms with van der Waals surface area (Å²) in [4.78, 5) is 14.4. The third kappa shape index (κ3) is 3.22. The smallest absolute Gasteiger partial charge is 0.236 e. The molecule has 0 aromatic rings. The van der Waals surface area contributed by atoms with E-state index in [4.69, 9.17) is 4.74 Å². The molecule has 0 saturated carbocycles. The molecule has 2 heterocycles. The number of hydrogen-bond donors (Lipinski definition) is 2. The largest absolute Gasteiger partial charge is 0.383 e. The van der Waals surface area contributed by atoms with Gasteiger partial charge in [-0.15, -0.1) is 0 Å². The van der Waals surface area contributed by atoms with Crippen LogP contribution in [0.3, 0.4) is 0 Å². The van der Waals surface area contributed by atoms with Crippen molar-refractivity contribution < 1.29 is 9.53 Å². The molecule has 3 unspecified atom stereocenters. The monoisotopic (exact) mass is 255 g/mol. The van der Waals surface area contributed by atoms with Gasteiger partial charge in [-0.2, -0.15) is 0 Å². The van der Waals surface area contributed by atoms with E-state index in [9.17, 15) is 4.79 Å². The van der Waals surface area contributed by atoms with Crippen LogP contribution in [0.4, 0.5) is 0 Å². The Morgan fingerprint density at radius 1 is 1.44 bits per heavy atom. The van der Waals surface area contributed by atoms with E-state index in [-0.39, 0.29) is 11.9 Å². The summed E-state index contributed by atoms with van der Waals surface area (Å²) >= 11 is 0. The lowest BCUT2D eigenvalue weighted by Gasteiger charge is -2.24. The number of hydrogen-bond acceptors (Lipinski definition) is 4. The second-order valence-corrected chi connectivity index (χ2v) is 5.31. The number of fused-ring (bicyclic) bond motifs is 1. The molecule has 2 fully saturated rings. The Bertz CT molecular complexity index is 285. The molecule has 0 radical (unpaired) electrons. The molecule has 0 spiro atoms. The lowest BCUT2D eigenvalue weighted by atomic mass is 10.1. The highest BCUT2D eigenvalue weighted by atomic mass is 16.5. The van der Waals surface area contributed by atoms with E-state index in [1.807, 2.05) is 6.92 Å². The van der Waals surface area contributed by atoms with Crippen molar-refractivity contribution in [2.75, 3.05) is 33.4 Å². The van der Waals surface area contributed by atoms with Crippen LogP contribution < -0.4 is 10.6 Å². The molecule has 2 rings (SSSR count). The highest BCUT2D eigenvalue weighted by molar-refractivity contribution is 5.81. The maximum absolute atomic E-state index is 11.9. The summed E-state index contributed by atoms with van der Waals surface area (Å²) in [5.41, 5.74) is 0. The highest BCUT2D eigenvalue weighted by Gasteiger charge is 2.37. The fourth-order valence-corrected chi connectivity index (χ4v) is 3.10. The minimum atomic E-state index is -0.118. The molecule has 2 aliphatic heterocycles. The van der Waals surface area contributed by atoms with Gasteiger partial charge in [0.2, 0.25) is 5.91 Å². The lowest BCUT2D eigenvalue weighted by Crippen LogP contribution is -2.50. The molecule has 1 amide bonds. The van der Waals surface area contributed by atoms with Gasteiger partial charge in [0.05, 0.1) is 12.6 Å². The standard InChI is InChI=1S/C13H25N3O2/c1-10(13(17)14-6-9-18-2)15-11-5-8-16-7-3-4-12(11)16/h10-12,15H,3-9H2,1-2H3,(H,14,17). The molecule has 5 heteroatoms. The molecule has 0 aromatic heterocycles. The summed E-state index contributed by atoms with van der Waals surface area (Å²) < 4.78 is 4.92. The van der Waals surface area contributed by atoms with Crippen LogP contribution in [0.15, 0.2) is 0 Å². The Kier molecular flexibility index (Phi) is 4.97. The Morgan fingerprint density at radius 2 is 2.28 bits per heavy atom. The van der Waals surface area contributed by atoms with Crippen molar-refractivity contribution >= 4 is 5.91 Å². The maximum Gasteiger partial charge on any atom is 0.236 e. The summed E-state index contributed by atoms with van der Waals surface area (Å²) in [5, 5.41) is 6.36. The number of carbonyl (C=O) groups is 1. The minimum Gasteiger partial charge on any atom is -0.383 e. The van der Waals surface area contributed by atoms with E-state index in [1.54, 1.807) is 7.11 Å². The van der Waals surface area contributed by atoms with E-state index in [0.717, 1.165) is 0 Å². The molecule has 0 bridgehead atoms. The second-order valence-electron chi connectivity index (χ2n) is 5.31. The molecule has 2 N–H and O–H groups in total. The SMILES string of the molecule is COCCNC(=O)C(C)NC1CCN2CCCC12. The maximum atomic E-state index is 11.9. The van der Waals surface area contributed by atoms with Gasteiger partial charge in [-0.1, -0.05) is 0 Å². The zero-order valence-electron chi connectivity index (χ0n) is 11.4. The predicted octanol–water partition coefficient (Wildman–Crippen LogP) is -0.0362. The molecule has 18 heavy (non-hydrogen) atoms. The van der Waals surface area contributed by atoms with Gasteiger partial charge >= 0.3 is 0 Å². The molecule has 2 saturated heterocycles. The summed E-state index contributed by atoms with van der Waals surface area (Å²) in [5.74, 6) is 0.0727. The lowest BCUT2D eigenvalue weighted by molar-refractivity contribution is -0.123. The molecule has 0 aliphatic carbocycles. The first-order valence-electron chi connectivity index (χ1n) is 6.99. The van der Waals surface area contributed by atoms with Crippen LogP contribution in [0, 0.1) is 0 Å². The van der Waals surface area contributed by atoms with Crippen LogP contribution in [-0.2, 0) is 9.53 Å². The summed E-state index contributed by atoms with van der Waals surface area (Å²) in [6.45, 7) is 5.51. The second kappa shape index (κ2) is 6.50. The van der Waals surface area contributed by atoms with Gasteiger partial charge < -0.3 is 15.4 Å². The molecule has 2 aliphatic rings. The topological polar surface area (TPSA) is 53.6 Å². The third-order valence-electron chi connectivity index (χ3n) is 4.07. The van der Waals surface area contributed by atoms with Gasteiger partial charge in [0.25, 0.3) is 0 Å². The van der Waals surface area contributed by atoms with Crippen molar-refractivity contribution in [3.8, 4) is 0 Å². The van der Waals surface area contributed by atoms with Crippen LogP contribution >= 0.6 is 0 Å². The first kappa shape index (κ1) is 13.8. The number of amides is 1. The average Bonchev–Trinajstić information content (AvgIpc) is 2.94. The first-order valence-corrected chi connectivity index (χ1v) is 6.99. The normalized spacial score (nSPS) is 29.2. The number of methoxy groups -OCH3 is 1. The Morgan fingerprint density at radius 3 is 3.06 bits per heavy atom. The van der Waals surface area contributed by atoms with E-state index < -0.39 is 0 Å². The molecule has 104 valence electrons. The molecule has 3 atom stereocenters. The van der Waals surface area contributed by atoms with Crippen molar-refractivity contribution in [1.29, 1.82) is 0 Å². The number of rotatable bonds is 6. The Hall–Kier alpha value is -0.650. The van der Waals surface area contributed by atoms with E-state index >= 15 is 0 Å². The van der Waals surface area contributed by atoms with Crippen molar-refractivity contribution in [1.82, 2.24) is 15.5 Å². The van der Waals surface area contributed by atoms with Gasteiger partial charge in [-0.3, -0.25) is 9.69 Å². The Labute approximate surface area is 109 Å². The molecular formula is C13H25N3O2. The van der Waals surface area contributed by atoms with Crippen LogP contribution in [0.5, 0.6) is 0 Å². The van der Waals surface area contributed by atoms with Crippen LogP contribution in [0.25, 0.3) is 0 Å². The van der Waals surface area contributed by atoms with Crippen LogP contribution in [0.2, 0.25) is 0 Å². The molecular weight excluding hydrogens is 230 g/mol. The van der Waals surface area contributed by atoms with Crippen molar-refractivity contribution in [2.24, 2.45) is 0 Å². The van der Waals surface area contributed by atoms with Gasteiger partial charge in [-0.05, 0) is 32.7 Å². The quantitative estimate of drug-likeness (QED) is 0.654. The van der Waals surface area contributed by atoms with Gasteiger partial charge in [0.15, 0.2) is 0 Å². The number of nitrogens with zero attached hydrogens (tertiary/aromatic N) is 1. The zero-order chi connectivity index (χ0) is 13.0. The van der Waals surface area contributed by atoms with Crippen molar-refractivity contribution in [2.45, 2.75) is 44.3 Å². The van der Waals surface area contributed by atoms with Gasteiger partial charge in [0.1, 0.15) is 0 Å². The highest BCUT2D eigenvalue weighted by Crippen LogP contribution is 2.28. The third-order valence-corrected chi connectivity index (χ3v) is 4.07. The van der Waals surface area contributed by atoms with E-state index in [2.05, 4.69) is 15.5 Å². The fourth-order valence-electron chi connectivity index (χ4n) is 3.10. The summed E-state index contributed by atoms with van der Waals surface area (Å²) in [6, 6.07) is 1.02. The Balaban J connectivity index is 1.73. The summed E-state index contributed by atoms with van der Waals surface area (Å²) in [7, 11) is 1.64. The number of carbonyl (C=O) groups excluding carboxylic acids is 1. The first-order chi connectivity index (χ1) is 8.72. The zero-order valence-corrected chi connectivity index (χ0v) is 11.4. The van der Waals surface area contributed by atoms with Crippen LogP contribution in [0.1, 0.15) is 26.2 Å². The molecule has 0 aromatic carbocycles. The predicted molar refractivity (Wildman–Crippen MR) is 70.5 cm³/mol. The number of ether oxygens (including phenoxy) is 1. The van der Waals surface area contributed by atoms with Crippen molar-refractivity contribution in [3.63, 3.8) is 0 Å². The minimum absolute atomic E-state index is 0.0727. The molecule has 5 nitrogen and oxygen atoms in total. The van der Waals surface area contributed by atoms with Crippen LogP contribution in [-0.4, -0.2) is 62.3 Å². The van der Waals surface area contributed by atoms with Gasteiger partial charge in [0, 0.05) is 32.3 Å². The van der Waals surface area contributed by atoms with E-state index in [0.29, 0.717) is 25.2 Å². The van der Waals surface area contributed by atoms with Crippen molar-refractivity contribution in [3.05, 3.63) is 0 Å². The number of nitrogens with one attached hydrogen (secondary N) is 2. The summed E-state index contributed by atoms with van der Waals surface area (Å²) in [6.07, 6.45) is 3.74. The van der Waals surface area contributed by atoms with Gasteiger partial charge in [-0.25, -0.2) is 0 Å². The average molecular weight is 255 g/mol. The fraction of sp³-hybridized carbons (Fsp3) is 0.923. The van der Waals surface area contributed by atoms with E-state index in [1.165, 1.54) is 32.4 Å².